The summed E-state index contributed by atoms with van der Waals surface area (Å²) in [7, 11) is 0. The normalized spacial score (nSPS) is 10.1. The van der Waals surface area contributed by atoms with Crippen molar-refractivity contribution in [2.45, 2.75) is 12.8 Å². The smallest absolute Gasteiger partial charge is 0.303 e. The molecule has 21 heavy (non-hydrogen) atoms. The summed E-state index contributed by atoms with van der Waals surface area (Å²) < 4.78 is 0. The maximum atomic E-state index is 12.0. The van der Waals surface area contributed by atoms with Crippen molar-refractivity contribution >= 4 is 23.3 Å². The van der Waals surface area contributed by atoms with E-state index in [1.54, 1.807) is 30.3 Å². The number of aliphatic carboxylic acids is 1. The highest BCUT2D eigenvalue weighted by molar-refractivity contribution is 6.02. The summed E-state index contributed by atoms with van der Waals surface area (Å²) in [6.45, 7) is 0. The molecule has 1 aromatic carbocycles. The maximum absolute atomic E-state index is 12.0. The van der Waals surface area contributed by atoms with Gasteiger partial charge >= 0.3 is 5.97 Å². The lowest BCUT2D eigenvalue weighted by atomic mass is 10.1. The Morgan fingerprint density at radius 2 is 2.05 bits per heavy atom. The first kappa shape index (κ1) is 14.5. The van der Waals surface area contributed by atoms with Gasteiger partial charge in [-0.3, -0.25) is 9.59 Å². The molecule has 6 nitrogen and oxygen atoms in total. The number of nitrogens with one attached hydrogen (secondary N) is 1. The molecular weight excluding hydrogens is 270 g/mol. The van der Waals surface area contributed by atoms with E-state index in [9.17, 15) is 9.59 Å². The van der Waals surface area contributed by atoms with Crippen molar-refractivity contribution in [3.05, 3.63) is 53.9 Å². The Hall–Kier alpha value is -2.89. The van der Waals surface area contributed by atoms with Crippen LogP contribution in [-0.4, -0.2) is 22.0 Å². The fourth-order valence-corrected chi connectivity index (χ4v) is 1.79. The zero-order valence-corrected chi connectivity index (χ0v) is 11.2. The molecule has 108 valence electrons. The number of aryl methyl sites for hydroxylation is 1. The van der Waals surface area contributed by atoms with Gasteiger partial charge in [0.15, 0.2) is 0 Å². The van der Waals surface area contributed by atoms with Gasteiger partial charge in [-0.2, -0.15) is 0 Å². The van der Waals surface area contributed by atoms with E-state index >= 15 is 0 Å². The zero-order chi connectivity index (χ0) is 15.2. The Kier molecular flexibility index (Phi) is 4.50. The minimum absolute atomic E-state index is 0.0525. The number of anilines is 2. The highest BCUT2D eigenvalue weighted by Gasteiger charge is 2.08. The van der Waals surface area contributed by atoms with Crippen molar-refractivity contribution < 1.29 is 14.7 Å². The van der Waals surface area contributed by atoms with Gasteiger partial charge in [-0.25, -0.2) is 4.98 Å². The molecule has 1 amide bonds. The number of nitrogens with zero attached hydrogens (tertiary/aromatic N) is 1. The molecule has 0 fully saturated rings. The van der Waals surface area contributed by atoms with Gasteiger partial charge in [0.1, 0.15) is 5.69 Å². The van der Waals surface area contributed by atoms with Crippen LogP contribution >= 0.6 is 0 Å². The SMILES string of the molecule is Nc1ccc(C(=O)Nc2cccc(CCC(=O)O)c2)nc1. The number of carbonyl (C=O) groups excluding carboxylic acids is 1. The van der Waals surface area contributed by atoms with E-state index < -0.39 is 5.97 Å². The number of amides is 1. The number of pyridine rings is 1. The Morgan fingerprint density at radius 3 is 2.71 bits per heavy atom. The van der Waals surface area contributed by atoms with Crippen molar-refractivity contribution in [3.63, 3.8) is 0 Å². The molecule has 4 N–H and O–H groups in total. The van der Waals surface area contributed by atoms with E-state index in [1.165, 1.54) is 6.20 Å². The summed E-state index contributed by atoms with van der Waals surface area (Å²) in [4.78, 5) is 26.5. The highest BCUT2D eigenvalue weighted by atomic mass is 16.4. The van der Waals surface area contributed by atoms with Gasteiger partial charge in [-0.15, -0.1) is 0 Å². The summed E-state index contributed by atoms with van der Waals surface area (Å²) >= 11 is 0. The molecule has 1 heterocycles. The fraction of sp³-hybridized carbons (Fsp3) is 0.133. The Labute approximate surface area is 121 Å². The van der Waals surface area contributed by atoms with Crippen LogP contribution in [0.15, 0.2) is 42.6 Å². The van der Waals surface area contributed by atoms with E-state index in [0.29, 0.717) is 17.8 Å². The standard InChI is InChI=1S/C15H15N3O3/c16-11-5-6-13(17-9-11)15(21)18-12-3-1-2-10(8-12)4-7-14(19)20/h1-3,5-6,8-9H,4,7,16H2,(H,18,21)(H,19,20). The van der Waals surface area contributed by atoms with Gasteiger partial charge in [0, 0.05) is 12.1 Å². The van der Waals surface area contributed by atoms with E-state index in [1.807, 2.05) is 6.07 Å². The number of carboxylic acid groups (broad SMARTS) is 1. The van der Waals surface area contributed by atoms with Gasteiger partial charge in [-0.1, -0.05) is 12.1 Å². The van der Waals surface area contributed by atoms with Crippen molar-refractivity contribution in [1.29, 1.82) is 0 Å². The molecule has 0 radical (unpaired) electrons. The average Bonchev–Trinajstić information content (AvgIpc) is 2.46. The van der Waals surface area contributed by atoms with Crippen molar-refractivity contribution in [1.82, 2.24) is 4.98 Å². The third kappa shape index (κ3) is 4.31. The maximum Gasteiger partial charge on any atom is 0.303 e. The first-order chi connectivity index (χ1) is 10.0. The molecule has 0 atom stereocenters. The predicted molar refractivity (Wildman–Crippen MR) is 79.0 cm³/mol. The topological polar surface area (TPSA) is 105 Å². The predicted octanol–water partition coefficient (Wildman–Crippen LogP) is 1.93. The molecule has 0 saturated carbocycles. The van der Waals surface area contributed by atoms with Crippen LogP contribution in [0, 0.1) is 0 Å². The Balaban J connectivity index is 2.05. The second-order valence-electron chi connectivity index (χ2n) is 4.53. The molecule has 0 aliphatic carbocycles. The number of aromatic nitrogens is 1. The quantitative estimate of drug-likeness (QED) is 0.778. The number of benzene rings is 1. The van der Waals surface area contributed by atoms with Crippen LogP contribution in [0.5, 0.6) is 0 Å². The third-order valence-electron chi connectivity index (χ3n) is 2.83. The molecule has 2 aromatic rings. The van der Waals surface area contributed by atoms with Crippen LogP contribution in [0.1, 0.15) is 22.5 Å². The summed E-state index contributed by atoms with van der Waals surface area (Å²) in [5.74, 6) is -1.19. The van der Waals surface area contributed by atoms with Crippen LogP contribution in [0.4, 0.5) is 11.4 Å². The summed E-state index contributed by atoms with van der Waals surface area (Å²) in [5, 5.41) is 11.4. The van der Waals surface area contributed by atoms with Crippen molar-refractivity contribution in [2.24, 2.45) is 0 Å². The van der Waals surface area contributed by atoms with Crippen LogP contribution in [-0.2, 0) is 11.2 Å². The Morgan fingerprint density at radius 1 is 1.24 bits per heavy atom. The van der Waals surface area contributed by atoms with Crippen LogP contribution in [0.2, 0.25) is 0 Å². The lowest BCUT2D eigenvalue weighted by Crippen LogP contribution is -2.13. The van der Waals surface area contributed by atoms with E-state index in [2.05, 4.69) is 10.3 Å². The lowest BCUT2D eigenvalue weighted by molar-refractivity contribution is -0.136. The van der Waals surface area contributed by atoms with Crippen LogP contribution < -0.4 is 11.1 Å². The number of nitrogen functional groups attached to an aromatic ring is 1. The highest BCUT2D eigenvalue weighted by Crippen LogP contribution is 2.13. The second-order valence-corrected chi connectivity index (χ2v) is 4.53. The Bertz CT molecular complexity index is 653. The first-order valence-electron chi connectivity index (χ1n) is 6.38. The summed E-state index contributed by atoms with van der Waals surface area (Å²) in [6, 6.07) is 10.2. The fourth-order valence-electron chi connectivity index (χ4n) is 1.79. The summed E-state index contributed by atoms with van der Waals surface area (Å²) in [5.41, 5.74) is 7.71. The largest absolute Gasteiger partial charge is 0.481 e. The molecule has 0 aliphatic rings. The molecule has 0 unspecified atom stereocenters. The third-order valence-corrected chi connectivity index (χ3v) is 2.83. The van der Waals surface area contributed by atoms with Crippen LogP contribution in [0.25, 0.3) is 0 Å². The molecule has 1 aromatic heterocycles. The summed E-state index contributed by atoms with van der Waals surface area (Å²) in [6.07, 6.45) is 1.88. The molecule has 0 spiro atoms. The van der Waals surface area contributed by atoms with Gasteiger partial charge in [0.25, 0.3) is 5.91 Å². The molecule has 2 rings (SSSR count). The molecule has 0 saturated heterocycles. The molecule has 6 heteroatoms. The lowest BCUT2D eigenvalue weighted by Gasteiger charge is -2.07. The van der Waals surface area contributed by atoms with E-state index in [4.69, 9.17) is 10.8 Å². The number of nitrogens with two attached hydrogens (primary N) is 1. The van der Waals surface area contributed by atoms with Crippen molar-refractivity contribution in [3.8, 4) is 0 Å². The van der Waals surface area contributed by atoms with Crippen LogP contribution in [0.3, 0.4) is 0 Å². The van der Waals surface area contributed by atoms with E-state index in [0.717, 1.165) is 5.56 Å². The van der Waals surface area contributed by atoms with E-state index in [-0.39, 0.29) is 18.0 Å². The average molecular weight is 285 g/mol. The first-order valence-corrected chi connectivity index (χ1v) is 6.38. The van der Waals surface area contributed by atoms with Gasteiger partial charge in [0.05, 0.1) is 11.9 Å². The second kappa shape index (κ2) is 6.51. The minimum Gasteiger partial charge on any atom is -0.481 e. The number of hydrogen-bond acceptors (Lipinski definition) is 4. The molecule has 0 aliphatic heterocycles. The molecular formula is C15H15N3O3. The zero-order valence-electron chi connectivity index (χ0n) is 11.2. The number of rotatable bonds is 5. The number of carboxylic acids is 1. The molecule has 0 bridgehead atoms. The monoisotopic (exact) mass is 285 g/mol. The van der Waals surface area contributed by atoms with Crippen molar-refractivity contribution in [2.75, 3.05) is 11.1 Å². The van der Waals surface area contributed by atoms with Gasteiger partial charge < -0.3 is 16.2 Å². The number of carbonyl (C=O) groups is 2. The van der Waals surface area contributed by atoms with Gasteiger partial charge in [-0.05, 0) is 36.2 Å². The van der Waals surface area contributed by atoms with Gasteiger partial charge in [0.2, 0.25) is 0 Å². The number of hydrogen-bond donors (Lipinski definition) is 3. The minimum atomic E-state index is -0.851.